The van der Waals surface area contributed by atoms with E-state index in [0.29, 0.717) is 17.6 Å². The molecule has 0 heterocycles. The number of nitrogens with one attached hydrogen (secondary N) is 1. The maximum absolute atomic E-state index is 11.5. The molecule has 5 nitrogen and oxygen atoms in total. The van der Waals surface area contributed by atoms with Gasteiger partial charge >= 0.3 is 0 Å². The molecule has 0 bridgehead atoms. The molecule has 0 aliphatic carbocycles. The predicted octanol–water partition coefficient (Wildman–Crippen LogP) is -0.635. The average molecular weight is 244 g/mol. The van der Waals surface area contributed by atoms with Crippen LogP contribution in [0.2, 0.25) is 0 Å². The summed E-state index contributed by atoms with van der Waals surface area (Å²) >= 11 is 0. The lowest BCUT2D eigenvalue weighted by atomic mass is 10.1. The third-order valence-corrected chi connectivity index (χ3v) is 2.86. The van der Waals surface area contributed by atoms with Gasteiger partial charge in [-0.25, -0.2) is 0 Å². The summed E-state index contributed by atoms with van der Waals surface area (Å²) in [6.45, 7) is 5.17. The molecule has 0 aromatic rings. The van der Waals surface area contributed by atoms with Crippen LogP contribution in [-0.2, 0) is 9.59 Å². The number of amides is 1. The van der Waals surface area contributed by atoms with Crippen LogP contribution in [0.25, 0.3) is 0 Å². The van der Waals surface area contributed by atoms with Crippen LogP contribution in [0, 0.1) is 5.92 Å². The number of carbonyl (C=O) groups is 2. The Morgan fingerprint density at radius 2 is 1.94 bits per heavy atom. The molecular formula is C12H24N2O3. The minimum absolute atomic E-state index is 0.000685. The van der Waals surface area contributed by atoms with E-state index in [9.17, 15) is 14.7 Å². The van der Waals surface area contributed by atoms with Crippen molar-refractivity contribution in [3.63, 3.8) is 0 Å². The molecule has 17 heavy (non-hydrogen) atoms. The molecular weight excluding hydrogens is 220 g/mol. The summed E-state index contributed by atoms with van der Waals surface area (Å²) in [6.07, 6.45) is 1.60. The van der Waals surface area contributed by atoms with E-state index in [-0.39, 0.29) is 18.4 Å². The average Bonchev–Trinajstić information content (AvgIpc) is 2.21. The number of aliphatic carboxylic acids is 1. The molecule has 0 saturated carbocycles. The van der Waals surface area contributed by atoms with E-state index < -0.39 is 5.97 Å². The summed E-state index contributed by atoms with van der Waals surface area (Å²) < 4.78 is 0.377. The molecule has 100 valence electrons. The predicted molar refractivity (Wildman–Crippen MR) is 63.9 cm³/mol. The van der Waals surface area contributed by atoms with Crippen LogP contribution in [0.4, 0.5) is 0 Å². The Morgan fingerprint density at radius 1 is 1.35 bits per heavy atom. The standard InChI is InChI=1S/C12H24N2O3/c1-5-10(2)12(17)13-7-6-8-14(3,4)9-11(15)16/h10H,5-9H2,1-4H3,(H-,13,15,16,17). The largest absolute Gasteiger partial charge is 0.544 e. The number of carbonyl (C=O) groups excluding carboxylic acids is 2. The Bertz CT molecular complexity index is 264. The Hall–Kier alpha value is -1.10. The van der Waals surface area contributed by atoms with Gasteiger partial charge in [-0.3, -0.25) is 4.79 Å². The van der Waals surface area contributed by atoms with Crippen molar-refractivity contribution in [2.24, 2.45) is 5.92 Å². The molecule has 1 N–H and O–H groups in total. The van der Waals surface area contributed by atoms with Gasteiger partial charge in [0.2, 0.25) is 5.91 Å². The lowest BCUT2D eigenvalue weighted by molar-refractivity contribution is -0.884. The Balaban J connectivity index is 3.77. The zero-order chi connectivity index (χ0) is 13.5. The fourth-order valence-electron chi connectivity index (χ4n) is 1.51. The first-order valence-corrected chi connectivity index (χ1v) is 6.08. The molecule has 1 amide bonds. The van der Waals surface area contributed by atoms with Crippen LogP contribution in [0.15, 0.2) is 0 Å². The molecule has 0 radical (unpaired) electrons. The van der Waals surface area contributed by atoms with E-state index in [1.807, 2.05) is 27.9 Å². The number of carboxylic acid groups (broad SMARTS) is 1. The van der Waals surface area contributed by atoms with E-state index in [1.54, 1.807) is 0 Å². The number of nitrogens with zero attached hydrogens (tertiary/aromatic N) is 1. The molecule has 0 fully saturated rings. The molecule has 0 aliphatic rings. The summed E-state index contributed by atoms with van der Waals surface area (Å²) in [5, 5.41) is 13.3. The number of hydrogen-bond donors (Lipinski definition) is 1. The van der Waals surface area contributed by atoms with E-state index in [1.165, 1.54) is 0 Å². The highest BCUT2D eigenvalue weighted by molar-refractivity contribution is 5.78. The molecule has 0 spiro atoms. The zero-order valence-corrected chi connectivity index (χ0v) is 11.3. The van der Waals surface area contributed by atoms with Gasteiger partial charge in [0.15, 0.2) is 0 Å². The van der Waals surface area contributed by atoms with Gasteiger partial charge in [-0.2, -0.15) is 0 Å². The van der Waals surface area contributed by atoms with Crippen LogP contribution in [-0.4, -0.2) is 50.1 Å². The van der Waals surface area contributed by atoms with Gasteiger partial charge in [0.05, 0.1) is 26.6 Å². The highest BCUT2D eigenvalue weighted by Crippen LogP contribution is 2.01. The van der Waals surface area contributed by atoms with Crippen LogP contribution in [0.1, 0.15) is 26.7 Å². The normalized spacial score (nSPS) is 13.2. The number of likely N-dealkylation sites (N-methyl/N-ethyl adjacent to an activating group) is 1. The highest BCUT2D eigenvalue weighted by Gasteiger charge is 2.15. The van der Waals surface area contributed by atoms with Crippen LogP contribution in [0.3, 0.4) is 0 Å². The maximum atomic E-state index is 11.5. The van der Waals surface area contributed by atoms with Crippen molar-refractivity contribution in [2.75, 3.05) is 33.7 Å². The van der Waals surface area contributed by atoms with Crippen molar-refractivity contribution in [3.05, 3.63) is 0 Å². The molecule has 0 aromatic carbocycles. The van der Waals surface area contributed by atoms with Crippen molar-refractivity contribution in [1.82, 2.24) is 5.32 Å². The van der Waals surface area contributed by atoms with Crippen LogP contribution >= 0.6 is 0 Å². The van der Waals surface area contributed by atoms with Crippen molar-refractivity contribution in [2.45, 2.75) is 26.7 Å². The number of carboxylic acids is 1. The third-order valence-electron chi connectivity index (χ3n) is 2.86. The fraction of sp³-hybridized carbons (Fsp3) is 0.833. The molecule has 1 atom stereocenters. The lowest BCUT2D eigenvalue weighted by Crippen LogP contribution is -2.49. The number of quaternary nitrogens is 1. The molecule has 0 saturated heterocycles. The SMILES string of the molecule is CCC(C)C(=O)NCCC[N+](C)(C)CC(=O)[O-]. The molecule has 1 unspecified atom stereocenters. The van der Waals surface area contributed by atoms with Gasteiger partial charge in [0.1, 0.15) is 6.54 Å². The molecule has 0 aliphatic heterocycles. The minimum atomic E-state index is -1.04. The van der Waals surface area contributed by atoms with Crippen LogP contribution in [0.5, 0.6) is 0 Å². The van der Waals surface area contributed by atoms with E-state index in [2.05, 4.69) is 5.32 Å². The lowest BCUT2D eigenvalue weighted by Gasteiger charge is -2.30. The van der Waals surface area contributed by atoms with Gasteiger partial charge in [-0.1, -0.05) is 13.8 Å². The maximum Gasteiger partial charge on any atom is 0.222 e. The van der Waals surface area contributed by atoms with Gasteiger partial charge < -0.3 is 19.7 Å². The Kier molecular flexibility index (Phi) is 6.80. The second-order valence-electron chi connectivity index (χ2n) is 5.14. The number of hydrogen-bond acceptors (Lipinski definition) is 3. The first kappa shape index (κ1) is 15.9. The van der Waals surface area contributed by atoms with Crippen LogP contribution < -0.4 is 10.4 Å². The van der Waals surface area contributed by atoms with Gasteiger partial charge in [0.25, 0.3) is 0 Å². The van der Waals surface area contributed by atoms with E-state index in [4.69, 9.17) is 0 Å². The third kappa shape index (κ3) is 7.74. The minimum Gasteiger partial charge on any atom is -0.544 e. The van der Waals surface area contributed by atoms with Gasteiger partial charge in [-0.05, 0) is 6.42 Å². The first-order chi connectivity index (χ1) is 7.78. The second-order valence-corrected chi connectivity index (χ2v) is 5.14. The van der Waals surface area contributed by atoms with Gasteiger partial charge in [0, 0.05) is 18.9 Å². The second kappa shape index (κ2) is 7.27. The summed E-state index contributed by atoms with van der Waals surface area (Å²) in [6, 6.07) is 0. The quantitative estimate of drug-likeness (QED) is 0.456. The monoisotopic (exact) mass is 244 g/mol. The molecule has 0 aromatic heterocycles. The highest BCUT2D eigenvalue weighted by atomic mass is 16.4. The topological polar surface area (TPSA) is 69.2 Å². The van der Waals surface area contributed by atoms with E-state index >= 15 is 0 Å². The smallest absolute Gasteiger partial charge is 0.222 e. The summed E-state index contributed by atoms with van der Waals surface area (Å²) in [7, 11) is 3.68. The van der Waals surface area contributed by atoms with Crippen molar-refractivity contribution >= 4 is 11.9 Å². The van der Waals surface area contributed by atoms with Crippen molar-refractivity contribution in [3.8, 4) is 0 Å². The number of rotatable bonds is 8. The van der Waals surface area contributed by atoms with E-state index in [0.717, 1.165) is 12.8 Å². The Morgan fingerprint density at radius 3 is 2.41 bits per heavy atom. The fourth-order valence-corrected chi connectivity index (χ4v) is 1.51. The van der Waals surface area contributed by atoms with Crippen molar-refractivity contribution < 1.29 is 19.2 Å². The first-order valence-electron chi connectivity index (χ1n) is 6.08. The molecule has 5 heteroatoms. The summed E-state index contributed by atoms with van der Waals surface area (Å²) in [4.78, 5) is 21.9. The Labute approximate surface area is 103 Å². The summed E-state index contributed by atoms with van der Waals surface area (Å²) in [5.74, 6) is -0.933. The van der Waals surface area contributed by atoms with Gasteiger partial charge in [-0.15, -0.1) is 0 Å². The summed E-state index contributed by atoms with van der Waals surface area (Å²) in [5.41, 5.74) is 0. The van der Waals surface area contributed by atoms with Crippen molar-refractivity contribution in [1.29, 1.82) is 0 Å². The molecule has 0 rings (SSSR count). The zero-order valence-electron chi connectivity index (χ0n) is 11.3.